The fourth-order valence-electron chi connectivity index (χ4n) is 4.71. The Labute approximate surface area is 207 Å². The van der Waals surface area contributed by atoms with E-state index in [1.807, 2.05) is 28.0 Å². The van der Waals surface area contributed by atoms with Gasteiger partial charge in [-0.1, -0.05) is 29.8 Å². The maximum Gasteiger partial charge on any atom is 0.292 e. The molecule has 9 nitrogen and oxygen atoms in total. The summed E-state index contributed by atoms with van der Waals surface area (Å²) in [5.74, 6) is 0.227. The summed E-state index contributed by atoms with van der Waals surface area (Å²) in [6, 6.07) is 12.5. The van der Waals surface area contributed by atoms with Gasteiger partial charge >= 0.3 is 0 Å². The van der Waals surface area contributed by atoms with Crippen molar-refractivity contribution in [3.63, 3.8) is 0 Å². The molecule has 2 amide bonds. The van der Waals surface area contributed by atoms with E-state index in [0.717, 1.165) is 0 Å². The van der Waals surface area contributed by atoms with Gasteiger partial charge in [0.1, 0.15) is 5.02 Å². The van der Waals surface area contributed by atoms with Crippen LogP contribution in [-0.2, 0) is 4.79 Å². The number of carbonyl (C=O) groups excluding carboxylic acids is 2. The summed E-state index contributed by atoms with van der Waals surface area (Å²) in [6.45, 7) is 3.30. The molecule has 0 aliphatic carbocycles. The smallest absolute Gasteiger partial charge is 0.292 e. The highest BCUT2D eigenvalue weighted by Gasteiger charge is 2.33. The third-order valence-corrected chi connectivity index (χ3v) is 7.05. The summed E-state index contributed by atoms with van der Waals surface area (Å²) in [4.78, 5) is 44.0. The quantitative estimate of drug-likeness (QED) is 0.552. The van der Waals surface area contributed by atoms with Gasteiger partial charge < -0.3 is 19.1 Å². The van der Waals surface area contributed by atoms with Crippen molar-refractivity contribution in [2.75, 3.05) is 44.2 Å². The molecule has 0 atom stereocenters. The lowest BCUT2D eigenvalue weighted by atomic mass is 9.94. The largest absolute Gasteiger partial charge is 0.459 e. The summed E-state index contributed by atoms with van der Waals surface area (Å²) in [6.07, 6.45) is 4.37. The fourth-order valence-corrected chi connectivity index (χ4v) is 4.96. The monoisotopic (exact) mass is 495 g/mol. The van der Waals surface area contributed by atoms with Crippen LogP contribution in [0.2, 0.25) is 5.02 Å². The first kappa shape index (κ1) is 23.2. The first-order valence-electron chi connectivity index (χ1n) is 11.7. The van der Waals surface area contributed by atoms with Crippen LogP contribution in [0.4, 0.5) is 5.69 Å². The van der Waals surface area contributed by atoms with Crippen molar-refractivity contribution in [2.45, 2.75) is 12.8 Å². The average Bonchev–Trinajstić information content (AvgIpc) is 3.45. The van der Waals surface area contributed by atoms with Gasteiger partial charge in [-0.15, -0.1) is 0 Å². The van der Waals surface area contributed by atoms with E-state index >= 15 is 0 Å². The molecule has 0 spiro atoms. The van der Waals surface area contributed by atoms with Gasteiger partial charge in [-0.2, -0.15) is 9.78 Å². The molecule has 4 heterocycles. The number of likely N-dealkylation sites (tertiary alicyclic amines) is 1. The Morgan fingerprint density at radius 2 is 1.63 bits per heavy atom. The van der Waals surface area contributed by atoms with E-state index in [-0.39, 0.29) is 28.3 Å². The molecule has 0 bridgehead atoms. The van der Waals surface area contributed by atoms with Gasteiger partial charge in [0.15, 0.2) is 5.76 Å². The predicted molar refractivity (Wildman–Crippen MR) is 131 cm³/mol. The zero-order chi connectivity index (χ0) is 24.4. The number of para-hydroxylation sites is 1. The number of benzene rings is 1. The molecule has 2 aliphatic heterocycles. The molecule has 0 unspecified atom stereocenters. The molecular weight excluding hydrogens is 470 g/mol. The number of halogens is 1. The summed E-state index contributed by atoms with van der Waals surface area (Å²) < 4.78 is 6.49. The van der Waals surface area contributed by atoms with E-state index in [4.69, 9.17) is 16.0 Å². The normalized spacial score (nSPS) is 17.0. The molecule has 35 heavy (non-hydrogen) atoms. The van der Waals surface area contributed by atoms with E-state index in [9.17, 15) is 14.4 Å². The van der Waals surface area contributed by atoms with Crippen molar-refractivity contribution < 1.29 is 14.0 Å². The Morgan fingerprint density at radius 1 is 0.914 bits per heavy atom. The van der Waals surface area contributed by atoms with Crippen LogP contribution in [-0.4, -0.2) is 70.7 Å². The first-order chi connectivity index (χ1) is 17.0. The number of aromatic nitrogens is 2. The highest BCUT2D eigenvalue weighted by molar-refractivity contribution is 6.33. The van der Waals surface area contributed by atoms with Crippen molar-refractivity contribution in [1.29, 1.82) is 0 Å². The van der Waals surface area contributed by atoms with Crippen molar-refractivity contribution >= 4 is 29.1 Å². The van der Waals surface area contributed by atoms with Crippen LogP contribution >= 0.6 is 11.6 Å². The lowest BCUT2D eigenvalue weighted by Crippen LogP contribution is -2.52. The minimum atomic E-state index is -0.371. The molecule has 182 valence electrons. The van der Waals surface area contributed by atoms with Gasteiger partial charge in [-0.25, -0.2) is 0 Å². The predicted octanol–water partition coefficient (Wildman–Crippen LogP) is 2.68. The van der Waals surface area contributed by atoms with E-state index < -0.39 is 0 Å². The van der Waals surface area contributed by atoms with Gasteiger partial charge in [0.2, 0.25) is 5.91 Å². The third-order valence-electron chi connectivity index (χ3n) is 6.70. The number of piperazine rings is 1. The number of hydrogen-bond donors (Lipinski definition) is 0. The van der Waals surface area contributed by atoms with Gasteiger partial charge in [0.25, 0.3) is 11.5 Å². The molecule has 0 radical (unpaired) electrons. The van der Waals surface area contributed by atoms with Crippen molar-refractivity contribution in [3.8, 4) is 5.69 Å². The van der Waals surface area contributed by atoms with Gasteiger partial charge in [-0.3, -0.25) is 14.4 Å². The second-order valence-corrected chi connectivity index (χ2v) is 9.13. The third kappa shape index (κ3) is 4.68. The lowest BCUT2D eigenvalue weighted by Gasteiger charge is -2.39. The Balaban J connectivity index is 1.17. The van der Waals surface area contributed by atoms with Crippen LogP contribution in [0.15, 0.2) is 64.1 Å². The van der Waals surface area contributed by atoms with E-state index in [0.29, 0.717) is 69.2 Å². The molecule has 2 aromatic heterocycles. The summed E-state index contributed by atoms with van der Waals surface area (Å²) in [5.41, 5.74) is 0.865. The number of carbonyl (C=O) groups is 2. The molecule has 10 heteroatoms. The molecule has 5 rings (SSSR count). The summed E-state index contributed by atoms with van der Waals surface area (Å²) in [7, 11) is 0. The van der Waals surface area contributed by atoms with Crippen LogP contribution < -0.4 is 10.5 Å². The first-order valence-corrected chi connectivity index (χ1v) is 12.1. The van der Waals surface area contributed by atoms with E-state index in [2.05, 4.69) is 5.10 Å². The van der Waals surface area contributed by atoms with Crippen LogP contribution in [0.3, 0.4) is 0 Å². The van der Waals surface area contributed by atoms with Gasteiger partial charge in [0.05, 0.1) is 23.8 Å². The van der Waals surface area contributed by atoms with Crippen molar-refractivity contribution in [3.05, 3.63) is 76.1 Å². The highest BCUT2D eigenvalue weighted by Crippen LogP contribution is 2.25. The van der Waals surface area contributed by atoms with Crippen molar-refractivity contribution in [2.24, 2.45) is 5.92 Å². The number of nitrogens with zero attached hydrogens (tertiary/aromatic N) is 5. The zero-order valence-corrected chi connectivity index (χ0v) is 19.9. The molecule has 2 fully saturated rings. The molecule has 0 N–H and O–H groups in total. The maximum atomic E-state index is 13.1. The van der Waals surface area contributed by atoms with Gasteiger partial charge in [0, 0.05) is 45.2 Å². The number of rotatable bonds is 4. The van der Waals surface area contributed by atoms with Gasteiger partial charge in [-0.05, 0) is 37.1 Å². The number of amides is 2. The Hall–Kier alpha value is -3.59. The molecule has 2 aliphatic rings. The molecular formula is C25H26ClN5O4. The second kappa shape index (κ2) is 9.95. The van der Waals surface area contributed by atoms with Crippen LogP contribution in [0, 0.1) is 5.92 Å². The molecule has 0 saturated carbocycles. The zero-order valence-electron chi connectivity index (χ0n) is 19.2. The minimum Gasteiger partial charge on any atom is -0.459 e. The average molecular weight is 496 g/mol. The Bertz CT molecular complexity index is 1240. The molecule has 1 aromatic carbocycles. The lowest BCUT2D eigenvalue weighted by molar-refractivity contribution is -0.137. The van der Waals surface area contributed by atoms with Crippen molar-refractivity contribution in [1.82, 2.24) is 19.6 Å². The number of furan rings is 1. The molecule has 3 aromatic rings. The number of anilines is 1. The fraction of sp³-hybridized carbons (Fsp3) is 0.360. The Kier molecular flexibility index (Phi) is 6.59. The number of hydrogen-bond acceptors (Lipinski definition) is 6. The topological polar surface area (TPSA) is 91.9 Å². The van der Waals surface area contributed by atoms with Crippen LogP contribution in [0.1, 0.15) is 23.4 Å². The minimum absolute atomic E-state index is 0.0951. The van der Waals surface area contributed by atoms with Crippen LogP contribution in [0.25, 0.3) is 5.69 Å². The van der Waals surface area contributed by atoms with E-state index in [1.54, 1.807) is 35.4 Å². The van der Waals surface area contributed by atoms with Crippen LogP contribution in [0.5, 0.6) is 0 Å². The SMILES string of the molecule is O=C(c1ccco1)N1CCC(C(=O)N2CCN(c3cnn(-c4ccccc4)c(=O)c3Cl)CC2)CC1. The summed E-state index contributed by atoms with van der Waals surface area (Å²) in [5, 5.41) is 4.43. The highest BCUT2D eigenvalue weighted by atomic mass is 35.5. The number of piperidine rings is 1. The second-order valence-electron chi connectivity index (χ2n) is 8.75. The maximum absolute atomic E-state index is 13.1. The summed E-state index contributed by atoms with van der Waals surface area (Å²) >= 11 is 6.44. The van der Waals surface area contributed by atoms with E-state index in [1.165, 1.54) is 10.9 Å². The molecule has 2 saturated heterocycles. The standard InChI is InChI=1S/C25H26ClN5O4/c26-22-20(17-27-31(25(22)34)19-5-2-1-3-6-19)28-12-14-30(15-13-28)23(32)18-8-10-29(11-9-18)24(33)21-7-4-16-35-21/h1-7,16-18H,8-15H2. The Morgan fingerprint density at radius 3 is 2.29 bits per heavy atom.